The van der Waals surface area contributed by atoms with Crippen LogP contribution in [0, 0.1) is 5.92 Å². The van der Waals surface area contributed by atoms with Gasteiger partial charge in [0.15, 0.2) is 0 Å². The molecule has 2 fully saturated rings. The van der Waals surface area contributed by atoms with Gasteiger partial charge in [-0.25, -0.2) is 0 Å². The molecule has 0 saturated carbocycles. The Hall–Kier alpha value is -0.610. The highest BCUT2D eigenvalue weighted by molar-refractivity contribution is 5.77. The van der Waals surface area contributed by atoms with Crippen LogP contribution in [0.1, 0.15) is 39.0 Å². The molecular weight excluding hydrogens is 216 g/mol. The molecule has 0 unspecified atom stereocenters. The second kappa shape index (κ2) is 5.83. The Bertz CT molecular complexity index is 262. The van der Waals surface area contributed by atoms with Gasteiger partial charge in [-0.1, -0.05) is 0 Å². The second-order valence-corrected chi connectivity index (χ2v) is 5.43. The maximum Gasteiger partial charge on any atom is 0.223 e. The van der Waals surface area contributed by atoms with Crippen LogP contribution in [-0.2, 0) is 4.79 Å². The first-order valence-electron chi connectivity index (χ1n) is 6.86. The van der Waals surface area contributed by atoms with Crippen molar-refractivity contribution in [1.82, 2.24) is 10.2 Å². The largest absolute Gasteiger partial charge is 0.391 e. The Morgan fingerprint density at radius 1 is 1.41 bits per heavy atom. The van der Waals surface area contributed by atoms with Crippen LogP contribution in [0.3, 0.4) is 0 Å². The minimum atomic E-state index is -0.394. The number of aliphatic hydroxyl groups excluding tert-OH is 1. The number of carbonyl (C=O) groups is 1. The van der Waals surface area contributed by atoms with E-state index in [9.17, 15) is 9.90 Å². The van der Waals surface area contributed by atoms with Crippen LogP contribution < -0.4 is 5.32 Å². The zero-order valence-electron chi connectivity index (χ0n) is 10.7. The lowest BCUT2D eigenvalue weighted by molar-refractivity contribution is -0.135. The quantitative estimate of drug-likeness (QED) is 0.765. The second-order valence-electron chi connectivity index (χ2n) is 5.43. The molecule has 2 rings (SSSR count). The van der Waals surface area contributed by atoms with Crippen LogP contribution in [0.2, 0.25) is 0 Å². The Morgan fingerprint density at radius 2 is 2.12 bits per heavy atom. The Morgan fingerprint density at radius 3 is 2.76 bits per heavy atom. The molecule has 0 bridgehead atoms. The number of likely N-dealkylation sites (tertiary alicyclic amines) is 1. The van der Waals surface area contributed by atoms with Crippen molar-refractivity contribution in [3.05, 3.63) is 0 Å². The Balaban J connectivity index is 1.86. The van der Waals surface area contributed by atoms with Crippen molar-refractivity contribution in [2.45, 2.75) is 51.2 Å². The lowest BCUT2D eigenvalue weighted by Crippen LogP contribution is -2.42. The smallest absolute Gasteiger partial charge is 0.223 e. The van der Waals surface area contributed by atoms with E-state index >= 15 is 0 Å². The lowest BCUT2D eigenvalue weighted by atomic mass is 9.94. The van der Waals surface area contributed by atoms with E-state index in [1.165, 1.54) is 0 Å². The fourth-order valence-corrected chi connectivity index (χ4v) is 3.05. The third-order valence-corrected chi connectivity index (χ3v) is 4.10. The van der Waals surface area contributed by atoms with Crippen LogP contribution in [0.4, 0.5) is 0 Å². The van der Waals surface area contributed by atoms with Crippen molar-refractivity contribution in [1.29, 1.82) is 0 Å². The number of amides is 1. The monoisotopic (exact) mass is 240 g/mol. The molecule has 2 heterocycles. The minimum Gasteiger partial charge on any atom is -0.391 e. The molecule has 2 N–H and O–H groups in total. The summed E-state index contributed by atoms with van der Waals surface area (Å²) in [7, 11) is 0. The van der Waals surface area contributed by atoms with Gasteiger partial charge in [-0.2, -0.15) is 0 Å². The van der Waals surface area contributed by atoms with E-state index in [4.69, 9.17) is 0 Å². The number of rotatable bonds is 3. The number of piperidine rings is 1. The van der Waals surface area contributed by atoms with Gasteiger partial charge in [-0.05, 0) is 51.6 Å². The summed E-state index contributed by atoms with van der Waals surface area (Å²) < 4.78 is 0. The summed E-state index contributed by atoms with van der Waals surface area (Å²) in [6, 6.07) is 0.0595. The average molecular weight is 240 g/mol. The van der Waals surface area contributed by atoms with Gasteiger partial charge in [0.05, 0.1) is 12.1 Å². The fourth-order valence-electron chi connectivity index (χ4n) is 3.05. The van der Waals surface area contributed by atoms with E-state index in [1.54, 1.807) is 6.92 Å². The van der Waals surface area contributed by atoms with Crippen molar-refractivity contribution in [3.63, 3.8) is 0 Å². The molecule has 0 aromatic heterocycles. The van der Waals surface area contributed by atoms with E-state index in [0.29, 0.717) is 12.3 Å². The molecule has 0 radical (unpaired) electrons. The zero-order chi connectivity index (χ0) is 12.3. The molecule has 17 heavy (non-hydrogen) atoms. The Kier molecular flexibility index (Phi) is 4.40. The third-order valence-electron chi connectivity index (χ3n) is 4.10. The van der Waals surface area contributed by atoms with Crippen molar-refractivity contribution >= 4 is 5.91 Å². The first-order chi connectivity index (χ1) is 8.18. The number of hydrogen-bond donors (Lipinski definition) is 2. The normalized spacial score (nSPS) is 28.4. The topological polar surface area (TPSA) is 52.6 Å². The van der Waals surface area contributed by atoms with E-state index in [1.807, 2.05) is 4.90 Å². The predicted octanol–water partition coefficient (Wildman–Crippen LogP) is 0.748. The molecular formula is C13H24N2O2. The van der Waals surface area contributed by atoms with Crippen molar-refractivity contribution in [3.8, 4) is 0 Å². The molecule has 0 spiro atoms. The summed E-state index contributed by atoms with van der Waals surface area (Å²) in [5.74, 6) is 0.791. The highest BCUT2D eigenvalue weighted by Gasteiger charge is 2.32. The number of nitrogens with zero attached hydrogens (tertiary/aromatic N) is 1. The third kappa shape index (κ3) is 3.19. The van der Waals surface area contributed by atoms with Gasteiger partial charge in [-0.15, -0.1) is 0 Å². The van der Waals surface area contributed by atoms with Gasteiger partial charge in [0.25, 0.3) is 0 Å². The molecule has 0 aromatic rings. The first-order valence-corrected chi connectivity index (χ1v) is 6.86. The molecule has 1 amide bonds. The summed E-state index contributed by atoms with van der Waals surface area (Å²) in [5, 5.41) is 13.0. The summed E-state index contributed by atoms with van der Waals surface area (Å²) in [5.41, 5.74) is 0. The van der Waals surface area contributed by atoms with Crippen LogP contribution >= 0.6 is 0 Å². The number of hydrogen-bond acceptors (Lipinski definition) is 3. The molecule has 0 aliphatic carbocycles. The van der Waals surface area contributed by atoms with Gasteiger partial charge in [0, 0.05) is 13.0 Å². The van der Waals surface area contributed by atoms with Gasteiger partial charge in [0.2, 0.25) is 5.91 Å². The lowest BCUT2D eigenvalue weighted by Gasteiger charge is -2.29. The molecule has 2 atom stereocenters. The van der Waals surface area contributed by atoms with Crippen LogP contribution in [0.5, 0.6) is 0 Å². The van der Waals surface area contributed by atoms with Gasteiger partial charge < -0.3 is 15.3 Å². The molecule has 2 aliphatic rings. The fraction of sp³-hybridized carbons (Fsp3) is 0.923. The van der Waals surface area contributed by atoms with Crippen LogP contribution in [-0.4, -0.2) is 47.7 Å². The van der Waals surface area contributed by atoms with Crippen molar-refractivity contribution in [2.75, 3.05) is 19.6 Å². The molecule has 2 aliphatic heterocycles. The van der Waals surface area contributed by atoms with Crippen LogP contribution in [0.15, 0.2) is 0 Å². The highest BCUT2D eigenvalue weighted by Crippen LogP contribution is 2.24. The average Bonchev–Trinajstić information content (AvgIpc) is 2.79. The Labute approximate surface area is 103 Å². The summed E-state index contributed by atoms with van der Waals surface area (Å²) in [4.78, 5) is 14.1. The number of carbonyl (C=O) groups excluding carboxylic acids is 1. The summed E-state index contributed by atoms with van der Waals surface area (Å²) in [6.07, 6.45) is 4.49. The van der Waals surface area contributed by atoms with E-state index in [-0.39, 0.29) is 11.9 Å². The van der Waals surface area contributed by atoms with Gasteiger partial charge >= 0.3 is 0 Å². The first kappa shape index (κ1) is 12.8. The van der Waals surface area contributed by atoms with Crippen molar-refractivity contribution in [2.24, 2.45) is 5.92 Å². The van der Waals surface area contributed by atoms with Gasteiger partial charge in [-0.3, -0.25) is 4.79 Å². The molecule has 4 nitrogen and oxygen atoms in total. The predicted molar refractivity (Wildman–Crippen MR) is 66.6 cm³/mol. The molecule has 0 aromatic carbocycles. The van der Waals surface area contributed by atoms with E-state index in [0.717, 1.165) is 45.3 Å². The zero-order valence-corrected chi connectivity index (χ0v) is 10.7. The maximum atomic E-state index is 12.2. The minimum absolute atomic E-state index is 0.0595. The van der Waals surface area contributed by atoms with E-state index < -0.39 is 6.10 Å². The van der Waals surface area contributed by atoms with Crippen LogP contribution in [0.25, 0.3) is 0 Å². The molecule has 4 heteroatoms. The molecule has 2 saturated heterocycles. The number of aliphatic hydroxyl groups is 1. The van der Waals surface area contributed by atoms with Crippen molar-refractivity contribution < 1.29 is 9.90 Å². The SMILES string of the molecule is C[C@@H](O)[C@@H]1CCCN1C(=O)CC1CCNCC1. The summed E-state index contributed by atoms with van der Waals surface area (Å²) in [6.45, 7) is 4.70. The highest BCUT2D eigenvalue weighted by atomic mass is 16.3. The maximum absolute atomic E-state index is 12.2. The van der Waals surface area contributed by atoms with E-state index in [2.05, 4.69) is 5.32 Å². The van der Waals surface area contributed by atoms with Gasteiger partial charge in [0.1, 0.15) is 0 Å². The summed E-state index contributed by atoms with van der Waals surface area (Å²) >= 11 is 0. The number of nitrogens with one attached hydrogen (secondary N) is 1. The standard InChI is InChI=1S/C13H24N2O2/c1-10(16)12-3-2-8-15(12)13(17)9-11-4-6-14-7-5-11/h10-12,14,16H,2-9H2,1H3/t10-,12+/m1/s1. The molecule has 98 valence electrons.